The molecule has 0 unspecified atom stereocenters. The van der Waals surface area contributed by atoms with E-state index in [-0.39, 0.29) is 0 Å². The van der Waals surface area contributed by atoms with Gasteiger partial charge in [0.25, 0.3) is 0 Å². The smallest absolute Gasteiger partial charge is 0.199 e. The second-order valence-corrected chi connectivity index (χ2v) is 4.29. The summed E-state index contributed by atoms with van der Waals surface area (Å²) in [7, 11) is 0. The van der Waals surface area contributed by atoms with Gasteiger partial charge in [-0.15, -0.1) is 6.42 Å². The lowest BCUT2D eigenvalue weighted by Gasteiger charge is -2.24. The van der Waals surface area contributed by atoms with E-state index in [0.717, 1.165) is 35.3 Å². The van der Waals surface area contributed by atoms with E-state index in [2.05, 4.69) is 16.2 Å². The minimum absolute atomic E-state index is 0.494. The topological polar surface area (TPSA) is 27.6 Å². The number of aliphatic imine (C=N–C) groups is 1. The van der Waals surface area contributed by atoms with Crippen molar-refractivity contribution in [3.63, 3.8) is 0 Å². The molecule has 0 fully saturated rings. The lowest BCUT2D eigenvalue weighted by molar-refractivity contribution is 0.946. The van der Waals surface area contributed by atoms with Crippen LogP contribution in [0.15, 0.2) is 23.2 Å². The molecular weight excluding hydrogens is 234 g/mol. The monoisotopic (exact) mass is 247 g/mol. The lowest BCUT2D eigenvalue weighted by atomic mass is 10.2. The third kappa shape index (κ3) is 2.54. The Morgan fingerprint density at radius 1 is 1.59 bits per heavy atom. The van der Waals surface area contributed by atoms with Crippen molar-refractivity contribution in [3.05, 3.63) is 28.8 Å². The van der Waals surface area contributed by atoms with Crippen LogP contribution in [0.3, 0.4) is 0 Å². The Kier molecular flexibility index (Phi) is 3.55. The molecule has 0 saturated carbocycles. The number of halogens is 1. The first-order valence-corrected chi connectivity index (χ1v) is 5.85. The first-order chi connectivity index (χ1) is 8.22. The Hall–Kier alpha value is -1.66. The molecule has 0 atom stereocenters. The van der Waals surface area contributed by atoms with Crippen molar-refractivity contribution in [3.8, 4) is 12.3 Å². The van der Waals surface area contributed by atoms with Crippen molar-refractivity contribution >= 4 is 23.2 Å². The van der Waals surface area contributed by atoms with Gasteiger partial charge in [-0.05, 0) is 30.7 Å². The summed E-state index contributed by atoms with van der Waals surface area (Å²) in [6, 6.07) is 5.76. The molecule has 0 radical (unpaired) electrons. The van der Waals surface area contributed by atoms with E-state index in [1.54, 1.807) is 0 Å². The predicted molar refractivity (Wildman–Crippen MR) is 72.7 cm³/mol. The quantitative estimate of drug-likeness (QED) is 0.810. The highest BCUT2D eigenvalue weighted by Gasteiger charge is 2.17. The molecule has 1 aromatic carbocycles. The van der Waals surface area contributed by atoms with Crippen LogP contribution in [-0.4, -0.2) is 25.6 Å². The van der Waals surface area contributed by atoms with Crippen LogP contribution >= 0.6 is 11.6 Å². The van der Waals surface area contributed by atoms with Gasteiger partial charge in [0.2, 0.25) is 0 Å². The van der Waals surface area contributed by atoms with Gasteiger partial charge < -0.3 is 10.2 Å². The van der Waals surface area contributed by atoms with E-state index >= 15 is 0 Å². The number of hydrogen-bond donors (Lipinski definition) is 1. The summed E-state index contributed by atoms with van der Waals surface area (Å²) in [6.45, 7) is 4.17. The highest BCUT2D eigenvalue weighted by Crippen LogP contribution is 2.23. The zero-order valence-electron chi connectivity index (χ0n) is 9.70. The van der Waals surface area contributed by atoms with Gasteiger partial charge in [0.15, 0.2) is 5.96 Å². The highest BCUT2D eigenvalue weighted by molar-refractivity contribution is 6.30. The molecule has 1 aliphatic rings. The van der Waals surface area contributed by atoms with E-state index in [1.165, 1.54) is 0 Å². The predicted octanol–water partition coefficient (Wildman–Crippen LogP) is 2.05. The summed E-state index contributed by atoms with van der Waals surface area (Å²) in [6.07, 6.45) is 5.41. The number of terminal acetylenes is 1. The maximum absolute atomic E-state index is 5.95. The number of hydrogen-bond acceptors (Lipinski definition) is 3. The molecule has 0 saturated heterocycles. The minimum atomic E-state index is 0.494. The summed E-state index contributed by atoms with van der Waals surface area (Å²) >= 11 is 5.95. The van der Waals surface area contributed by atoms with Gasteiger partial charge in [-0.3, -0.25) is 4.99 Å². The van der Waals surface area contributed by atoms with Gasteiger partial charge in [-0.2, -0.15) is 0 Å². The van der Waals surface area contributed by atoms with Crippen LogP contribution in [0.4, 0.5) is 5.69 Å². The van der Waals surface area contributed by atoms with Crippen LogP contribution in [0.5, 0.6) is 0 Å². The molecule has 0 bridgehead atoms. The summed E-state index contributed by atoms with van der Waals surface area (Å²) in [5.74, 6) is 3.50. The highest BCUT2D eigenvalue weighted by atomic mass is 35.5. The van der Waals surface area contributed by atoms with Crippen LogP contribution in [0.1, 0.15) is 5.56 Å². The van der Waals surface area contributed by atoms with Crippen molar-refractivity contribution in [2.75, 3.05) is 24.5 Å². The second kappa shape index (κ2) is 5.11. The molecule has 0 amide bonds. The van der Waals surface area contributed by atoms with Crippen LogP contribution < -0.4 is 10.2 Å². The summed E-state index contributed by atoms with van der Waals surface area (Å²) in [4.78, 5) is 6.40. The number of rotatable bonds is 2. The molecule has 17 heavy (non-hydrogen) atoms. The minimum Gasteiger partial charge on any atom is -0.354 e. The van der Waals surface area contributed by atoms with Crippen LogP contribution in [0.2, 0.25) is 5.02 Å². The molecule has 0 spiro atoms. The van der Waals surface area contributed by atoms with E-state index in [4.69, 9.17) is 18.0 Å². The summed E-state index contributed by atoms with van der Waals surface area (Å²) < 4.78 is 0. The largest absolute Gasteiger partial charge is 0.354 e. The molecule has 1 aliphatic heterocycles. The lowest BCUT2D eigenvalue weighted by Crippen LogP contribution is -2.39. The fourth-order valence-electron chi connectivity index (χ4n) is 1.85. The Morgan fingerprint density at radius 3 is 3.00 bits per heavy atom. The fraction of sp³-hybridized carbons (Fsp3) is 0.308. The van der Waals surface area contributed by atoms with Crippen molar-refractivity contribution in [1.82, 2.24) is 5.32 Å². The molecule has 4 heteroatoms. The summed E-state index contributed by atoms with van der Waals surface area (Å²) in [5.41, 5.74) is 2.13. The van der Waals surface area contributed by atoms with Gasteiger partial charge in [-0.25, -0.2) is 0 Å². The van der Waals surface area contributed by atoms with Gasteiger partial charge in [0.1, 0.15) is 0 Å². The van der Waals surface area contributed by atoms with E-state index < -0.39 is 0 Å². The number of nitrogens with one attached hydrogen (secondary N) is 1. The van der Waals surface area contributed by atoms with Crippen molar-refractivity contribution < 1.29 is 0 Å². The van der Waals surface area contributed by atoms with E-state index in [0.29, 0.717) is 6.54 Å². The van der Waals surface area contributed by atoms with Crippen LogP contribution in [-0.2, 0) is 0 Å². The molecule has 0 aromatic heterocycles. The fourth-order valence-corrected chi connectivity index (χ4v) is 2.08. The Balaban J connectivity index is 2.35. The zero-order valence-corrected chi connectivity index (χ0v) is 10.5. The maximum atomic E-state index is 5.95. The van der Waals surface area contributed by atoms with Crippen LogP contribution in [0, 0.1) is 19.3 Å². The molecule has 2 rings (SSSR count). The molecule has 1 heterocycles. The van der Waals surface area contributed by atoms with Crippen LogP contribution in [0.25, 0.3) is 0 Å². The SMILES string of the molecule is C#CCN(C1=NCCN1)c1ccc(Cl)cc1C. The maximum Gasteiger partial charge on any atom is 0.199 e. The Labute approximate surface area is 106 Å². The van der Waals surface area contributed by atoms with E-state index in [9.17, 15) is 0 Å². The Morgan fingerprint density at radius 2 is 2.41 bits per heavy atom. The molecule has 1 aromatic rings. The van der Waals surface area contributed by atoms with Crippen molar-refractivity contribution in [2.24, 2.45) is 4.99 Å². The average Bonchev–Trinajstić information content (AvgIpc) is 2.80. The first kappa shape index (κ1) is 11.8. The number of anilines is 1. The molecular formula is C13H14ClN3. The zero-order chi connectivity index (χ0) is 12.3. The molecule has 3 nitrogen and oxygen atoms in total. The number of aryl methyl sites for hydroxylation is 1. The number of nitrogens with zero attached hydrogens (tertiary/aromatic N) is 2. The van der Waals surface area contributed by atoms with Gasteiger partial charge in [-0.1, -0.05) is 17.5 Å². The van der Waals surface area contributed by atoms with Crippen molar-refractivity contribution in [1.29, 1.82) is 0 Å². The average molecular weight is 248 g/mol. The standard InChI is InChI=1S/C13H14ClN3/c1-3-8-17(13-15-6-7-16-13)12-5-4-11(14)9-10(12)2/h1,4-5,9H,6-8H2,2H3,(H,15,16). The molecule has 1 N–H and O–H groups in total. The van der Waals surface area contributed by atoms with Crippen molar-refractivity contribution in [2.45, 2.75) is 6.92 Å². The van der Waals surface area contributed by atoms with Gasteiger partial charge >= 0.3 is 0 Å². The number of guanidine groups is 1. The second-order valence-electron chi connectivity index (χ2n) is 3.85. The third-order valence-corrected chi connectivity index (χ3v) is 2.85. The Bertz CT molecular complexity index is 488. The normalized spacial score (nSPS) is 13.8. The van der Waals surface area contributed by atoms with Gasteiger partial charge in [0, 0.05) is 17.3 Å². The number of benzene rings is 1. The summed E-state index contributed by atoms with van der Waals surface area (Å²) in [5, 5.41) is 3.96. The van der Waals surface area contributed by atoms with Gasteiger partial charge in [0.05, 0.1) is 13.1 Å². The molecule has 88 valence electrons. The van der Waals surface area contributed by atoms with E-state index in [1.807, 2.05) is 30.0 Å². The third-order valence-electron chi connectivity index (χ3n) is 2.61. The molecule has 0 aliphatic carbocycles. The first-order valence-electron chi connectivity index (χ1n) is 5.48.